The number of methoxy groups -OCH3 is 2. The summed E-state index contributed by atoms with van der Waals surface area (Å²) in [4.78, 5) is 41.1. The molecule has 0 bridgehead atoms. The lowest BCUT2D eigenvalue weighted by atomic mass is 10.0. The van der Waals surface area contributed by atoms with Crippen LogP contribution in [0.1, 0.15) is 18.4 Å². The van der Waals surface area contributed by atoms with Crippen molar-refractivity contribution in [3.05, 3.63) is 35.5 Å². The predicted octanol–water partition coefficient (Wildman–Crippen LogP) is 0.953. The number of aromatic amines is 1. The highest BCUT2D eigenvalue weighted by Gasteiger charge is 2.27. The Morgan fingerprint density at radius 1 is 1.34 bits per heavy atom. The van der Waals surface area contributed by atoms with Gasteiger partial charge in [-0.1, -0.05) is 0 Å². The van der Waals surface area contributed by atoms with Gasteiger partial charge in [0, 0.05) is 37.1 Å². The number of nitrogens with one attached hydrogen (secondary N) is 2. The Morgan fingerprint density at radius 3 is 2.72 bits per heavy atom. The molecule has 0 unspecified atom stereocenters. The molecule has 0 aliphatic heterocycles. The minimum atomic E-state index is -1.28. The van der Waals surface area contributed by atoms with E-state index in [1.54, 1.807) is 13.3 Å². The minimum Gasteiger partial charge on any atom is -0.497 e. The fourth-order valence-electron chi connectivity index (χ4n) is 2.87. The van der Waals surface area contributed by atoms with E-state index in [0.717, 1.165) is 16.5 Å². The number of carboxylic acid groups (broad SMARTS) is 1. The molecule has 29 heavy (non-hydrogen) atoms. The smallest absolute Gasteiger partial charge is 0.326 e. The quantitative estimate of drug-likeness (QED) is 0.289. The number of aliphatic carboxylic acids is 1. The maximum Gasteiger partial charge on any atom is 0.326 e. The third-order valence-electron chi connectivity index (χ3n) is 4.45. The average Bonchev–Trinajstić information content (AvgIpc) is 3.10. The summed E-state index contributed by atoms with van der Waals surface area (Å²) >= 11 is 0. The van der Waals surface area contributed by atoms with Gasteiger partial charge in [-0.2, -0.15) is 4.79 Å². The van der Waals surface area contributed by atoms with E-state index in [-0.39, 0.29) is 19.3 Å². The molecule has 2 rings (SSSR count). The highest BCUT2D eigenvalue weighted by atomic mass is 16.5. The lowest BCUT2D eigenvalue weighted by Gasteiger charge is -2.19. The van der Waals surface area contributed by atoms with Crippen molar-refractivity contribution in [2.24, 2.45) is 0 Å². The van der Waals surface area contributed by atoms with E-state index >= 15 is 0 Å². The molecule has 1 aromatic carbocycles. The van der Waals surface area contributed by atoms with Gasteiger partial charge < -0.3 is 30.4 Å². The van der Waals surface area contributed by atoms with E-state index in [2.05, 4.69) is 15.1 Å². The number of H-pyrrole nitrogens is 1. The minimum absolute atomic E-state index is 0.146. The second-order valence-corrected chi connectivity index (χ2v) is 6.30. The summed E-state index contributed by atoms with van der Waals surface area (Å²) in [6.45, 7) is 0. The van der Waals surface area contributed by atoms with Crippen LogP contribution in [-0.2, 0) is 25.5 Å². The van der Waals surface area contributed by atoms with Crippen LogP contribution in [0, 0.1) is 0 Å². The molecule has 3 N–H and O–H groups in total. The Balaban J connectivity index is 2.10. The Morgan fingerprint density at radius 2 is 2.10 bits per heavy atom. The number of aromatic nitrogens is 1. The number of ether oxygens (including phenoxy) is 2. The maximum atomic E-state index is 12.6. The summed E-state index contributed by atoms with van der Waals surface area (Å²) in [6, 6.07) is 4.22. The number of hydrogen-bond donors (Lipinski definition) is 3. The van der Waals surface area contributed by atoms with Gasteiger partial charge in [-0.05, 0) is 30.2 Å². The van der Waals surface area contributed by atoms with Gasteiger partial charge >= 0.3 is 12.2 Å². The molecule has 10 heteroatoms. The number of carbonyl (C=O) groups excluding carboxylic acids is 2. The van der Waals surface area contributed by atoms with E-state index in [0.29, 0.717) is 12.0 Å². The number of carboxylic acids is 1. The van der Waals surface area contributed by atoms with Crippen molar-refractivity contribution in [3.63, 3.8) is 0 Å². The van der Waals surface area contributed by atoms with Gasteiger partial charge in [-0.3, -0.25) is 9.59 Å². The normalized spacial score (nSPS) is 12.6. The molecule has 0 saturated heterocycles. The molecule has 0 aliphatic rings. The topological polar surface area (TPSA) is 154 Å². The number of ketones is 1. The molecule has 1 heterocycles. The van der Waals surface area contributed by atoms with Gasteiger partial charge in [0.05, 0.1) is 7.11 Å². The first-order chi connectivity index (χ1) is 13.9. The van der Waals surface area contributed by atoms with E-state index in [1.165, 1.54) is 7.11 Å². The first-order valence-electron chi connectivity index (χ1n) is 8.79. The molecule has 154 valence electrons. The maximum absolute atomic E-state index is 12.6. The molecular formula is C19H22N4O6. The van der Waals surface area contributed by atoms with E-state index in [1.807, 2.05) is 18.2 Å². The SMILES string of the molecule is COc1ccc2[nH]cc(C[C@H](OC)C(=O)N[C@@H](CCC(=O)C=[N+]=[N-])C(=O)O)c2c1. The number of Topliss-reactive ketones (excluding diaryl/α,β-unsaturated/α-hetero) is 1. The van der Waals surface area contributed by atoms with Crippen LogP contribution < -0.4 is 10.1 Å². The zero-order chi connectivity index (χ0) is 21.4. The van der Waals surface area contributed by atoms with Crippen LogP contribution in [0.4, 0.5) is 0 Å². The molecular weight excluding hydrogens is 380 g/mol. The van der Waals surface area contributed by atoms with Gasteiger partial charge in [-0.25, -0.2) is 4.79 Å². The molecule has 1 aromatic heterocycles. The number of carbonyl (C=O) groups is 3. The Labute approximate surface area is 166 Å². The molecule has 0 fully saturated rings. The zero-order valence-corrected chi connectivity index (χ0v) is 16.0. The van der Waals surface area contributed by atoms with Crippen molar-refractivity contribution in [1.82, 2.24) is 10.3 Å². The molecule has 1 amide bonds. The zero-order valence-electron chi connectivity index (χ0n) is 16.0. The summed E-state index contributed by atoms with van der Waals surface area (Å²) in [5, 5.41) is 12.6. The lowest BCUT2D eigenvalue weighted by molar-refractivity contribution is -0.144. The summed E-state index contributed by atoms with van der Waals surface area (Å²) in [7, 11) is 2.92. The monoisotopic (exact) mass is 402 g/mol. The fourth-order valence-corrected chi connectivity index (χ4v) is 2.87. The Hall–Kier alpha value is -3.49. The third kappa shape index (κ3) is 5.74. The number of hydrogen-bond acceptors (Lipinski definition) is 5. The molecule has 0 saturated carbocycles. The van der Waals surface area contributed by atoms with Gasteiger partial charge in [0.2, 0.25) is 11.7 Å². The van der Waals surface area contributed by atoms with Crippen LogP contribution >= 0.6 is 0 Å². The Kier molecular flexibility index (Phi) is 7.64. The van der Waals surface area contributed by atoms with E-state index in [4.69, 9.17) is 15.0 Å². The van der Waals surface area contributed by atoms with Crippen LogP contribution in [0.15, 0.2) is 24.4 Å². The van der Waals surface area contributed by atoms with Crippen LogP contribution in [0.25, 0.3) is 16.4 Å². The van der Waals surface area contributed by atoms with Crippen molar-refractivity contribution >= 4 is 34.8 Å². The largest absolute Gasteiger partial charge is 0.497 e. The summed E-state index contributed by atoms with van der Waals surface area (Å²) in [5.74, 6) is -1.78. The van der Waals surface area contributed by atoms with Crippen LogP contribution in [0.3, 0.4) is 0 Å². The van der Waals surface area contributed by atoms with Crippen LogP contribution in [0.2, 0.25) is 0 Å². The number of rotatable bonds is 11. The summed E-state index contributed by atoms with van der Waals surface area (Å²) < 4.78 is 10.5. The molecule has 0 spiro atoms. The van der Waals surface area contributed by atoms with Crippen molar-refractivity contribution in [1.29, 1.82) is 0 Å². The van der Waals surface area contributed by atoms with Crippen LogP contribution in [0.5, 0.6) is 5.75 Å². The first-order valence-corrected chi connectivity index (χ1v) is 8.79. The second kappa shape index (κ2) is 10.2. The molecule has 0 radical (unpaired) electrons. The van der Waals surface area contributed by atoms with Crippen molar-refractivity contribution < 1.29 is 33.8 Å². The third-order valence-corrected chi connectivity index (χ3v) is 4.45. The number of benzene rings is 1. The fraction of sp³-hybridized carbons (Fsp3) is 0.368. The van der Waals surface area contributed by atoms with Crippen molar-refractivity contribution in [2.45, 2.75) is 31.4 Å². The highest BCUT2D eigenvalue weighted by molar-refractivity contribution is 6.25. The summed E-state index contributed by atoms with van der Waals surface area (Å²) in [5.41, 5.74) is 10.00. The molecule has 0 aliphatic carbocycles. The highest BCUT2D eigenvalue weighted by Crippen LogP contribution is 2.25. The lowest BCUT2D eigenvalue weighted by Crippen LogP contribution is -2.46. The van der Waals surface area contributed by atoms with Gasteiger partial charge in [-0.15, -0.1) is 0 Å². The van der Waals surface area contributed by atoms with E-state index in [9.17, 15) is 19.5 Å². The average molecular weight is 402 g/mol. The van der Waals surface area contributed by atoms with Crippen molar-refractivity contribution in [3.8, 4) is 5.75 Å². The molecule has 10 nitrogen and oxygen atoms in total. The standard InChI is InChI=1S/C19H22N4O6/c1-28-13-4-6-15-14(8-13)11(9-21-15)7-17(29-2)18(25)23-16(19(26)27)5-3-12(24)10-22-20/h4,6,8-10,16-17,21H,3,5,7H2,1-2H3,(H,23,25)(H,26,27)/t16-,17-/m0/s1. The van der Waals surface area contributed by atoms with Crippen LogP contribution in [-0.4, -0.2) is 65.1 Å². The second-order valence-electron chi connectivity index (χ2n) is 6.30. The predicted molar refractivity (Wildman–Crippen MR) is 103 cm³/mol. The molecule has 2 atom stereocenters. The van der Waals surface area contributed by atoms with Gasteiger partial charge in [0.25, 0.3) is 0 Å². The van der Waals surface area contributed by atoms with Gasteiger partial charge in [0.15, 0.2) is 0 Å². The van der Waals surface area contributed by atoms with Gasteiger partial charge in [0.1, 0.15) is 17.9 Å². The first kappa shape index (κ1) is 21.8. The van der Waals surface area contributed by atoms with E-state index < -0.39 is 29.8 Å². The number of amides is 1. The molecule has 2 aromatic rings. The summed E-state index contributed by atoms with van der Waals surface area (Å²) in [6.07, 6.45) is 1.37. The number of fused-ring (bicyclic) bond motifs is 1. The number of nitrogens with zero attached hydrogens (tertiary/aromatic N) is 2. The van der Waals surface area contributed by atoms with Crippen molar-refractivity contribution in [2.75, 3.05) is 14.2 Å². The Bertz CT molecular complexity index is 947.